The number of hydrogen-bond acceptors (Lipinski definition) is 5. The molecule has 6 aromatic rings. The minimum Gasteiger partial charge on any atom is -0.365 e. The van der Waals surface area contributed by atoms with Crippen LogP contribution in [0, 0.1) is 11.8 Å². The smallest absolute Gasteiger partial charge is 0.317 e. The van der Waals surface area contributed by atoms with E-state index < -0.39 is 29.4 Å². The van der Waals surface area contributed by atoms with Crippen LogP contribution in [0.25, 0.3) is 32.9 Å². The Balaban J connectivity index is 0.000000195. The Kier molecular flexibility index (Phi) is 9.59. The highest BCUT2D eigenvalue weighted by molar-refractivity contribution is 6.14. The lowest BCUT2D eigenvalue weighted by atomic mass is 9.93. The molecule has 6 rings (SSSR count). The zero-order valence-corrected chi connectivity index (χ0v) is 27.2. The molecule has 0 saturated carbocycles. The molecule has 2 aromatic heterocycles. The summed E-state index contributed by atoms with van der Waals surface area (Å²) in [4.78, 5) is 51.6. The van der Waals surface area contributed by atoms with Gasteiger partial charge in [0.15, 0.2) is 0 Å². The molecule has 0 aliphatic rings. The van der Waals surface area contributed by atoms with Crippen molar-refractivity contribution in [3.05, 3.63) is 119 Å². The van der Waals surface area contributed by atoms with Crippen LogP contribution in [-0.2, 0) is 5.54 Å². The third kappa shape index (κ3) is 7.73. The Bertz CT molecular complexity index is 2320. The van der Waals surface area contributed by atoms with Gasteiger partial charge in [-0.3, -0.25) is 20.2 Å². The van der Waals surface area contributed by atoms with Crippen LogP contribution in [0.3, 0.4) is 0 Å². The molecule has 0 unspecified atom stereocenters. The largest absolute Gasteiger partial charge is 0.365 e. The summed E-state index contributed by atoms with van der Waals surface area (Å²) in [6, 6.07) is 26.8. The number of benzene rings is 4. The fourth-order valence-corrected chi connectivity index (χ4v) is 5.36. The molecule has 0 fully saturated rings. The van der Waals surface area contributed by atoms with E-state index >= 15 is 0 Å². The molecular weight excluding hydrogens is 634 g/mol. The summed E-state index contributed by atoms with van der Waals surface area (Å²) in [5.41, 5.74) is 33.1. The van der Waals surface area contributed by atoms with Gasteiger partial charge >= 0.3 is 12.1 Å². The standard InChI is InChI=1S/C19H21N5O2.C18H14N4O2/c1-19(2,22)12-6-3-10(4-7-12)11-5-8-13-14(9-11)23-17(24-18(21)26)15(13)16(20)25;19-16(23)15-13-9-8-12(7-6-11-4-2-1-3-5-11)10-14(13)21-17(15)22-18(20)24/h3-9,23H,22H2,1-2H3,(H2,20,25)(H3,21,24,26);1-5,8-10,21H,(H2,19,23)(H3,20,22,24). The molecule has 14 N–H and O–H groups in total. The maximum absolute atomic E-state index is 11.8. The number of aromatic amines is 2. The Labute approximate surface area is 286 Å². The van der Waals surface area contributed by atoms with Crippen LogP contribution in [0.4, 0.5) is 21.2 Å². The van der Waals surface area contributed by atoms with E-state index in [-0.39, 0.29) is 22.8 Å². The lowest BCUT2D eigenvalue weighted by Crippen LogP contribution is -2.28. The van der Waals surface area contributed by atoms with Gasteiger partial charge in [0.2, 0.25) is 0 Å². The molecule has 0 spiro atoms. The number of fused-ring (bicyclic) bond motifs is 2. The average Bonchev–Trinajstić information content (AvgIpc) is 3.60. The molecule has 13 heteroatoms. The Hall–Kier alpha value is -7.04. The lowest BCUT2D eigenvalue weighted by Gasteiger charge is -2.19. The summed E-state index contributed by atoms with van der Waals surface area (Å²) in [6.45, 7) is 3.90. The molecule has 50 heavy (non-hydrogen) atoms. The molecule has 2 heterocycles. The number of amides is 6. The number of primary amides is 4. The van der Waals surface area contributed by atoms with Crippen molar-refractivity contribution in [1.29, 1.82) is 0 Å². The number of H-pyrrole nitrogens is 2. The fourth-order valence-electron chi connectivity index (χ4n) is 5.36. The Morgan fingerprint density at radius 1 is 0.600 bits per heavy atom. The van der Waals surface area contributed by atoms with Crippen molar-refractivity contribution >= 4 is 57.3 Å². The molecule has 0 aliphatic heterocycles. The first-order valence-electron chi connectivity index (χ1n) is 15.2. The van der Waals surface area contributed by atoms with Gasteiger partial charge in [0.05, 0.1) is 11.1 Å². The maximum atomic E-state index is 11.8. The number of nitrogens with two attached hydrogens (primary N) is 5. The van der Waals surface area contributed by atoms with E-state index in [0.29, 0.717) is 21.8 Å². The highest BCUT2D eigenvalue weighted by atomic mass is 16.2. The van der Waals surface area contributed by atoms with Crippen LogP contribution in [0.1, 0.15) is 51.3 Å². The van der Waals surface area contributed by atoms with Crippen molar-refractivity contribution in [2.24, 2.45) is 28.7 Å². The molecule has 4 aromatic carbocycles. The highest BCUT2D eigenvalue weighted by Crippen LogP contribution is 2.31. The van der Waals surface area contributed by atoms with Gasteiger partial charge in [-0.05, 0) is 60.9 Å². The third-order valence-electron chi connectivity index (χ3n) is 7.67. The predicted molar refractivity (Wildman–Crippen MR) is 195 cm³/mol. The molecule has 0 bridgehead atoms. The fraction of sp³-hybridized carbons (Fsp3) is 0.0811. The van der Waals surface area contributed by atoms with Gasteiger partial charge in [-0.25, -0.2) is 9.59 Å². The van der Waals surface area contributed by atoms with Gasteiger partial charge in [-0.2, -0.15) is 0 Å². The van der Waals surface area contributed by atoms with Crippen molar-refractivity contribution in [3.8, 4) is 23.0 Å². The normalized spacial score (nSPS) is 10.8. The highest BCUT2D eigenvalue weighted by Gasteiger charge is 2.19. The van der Waals surface area contributed by atoms with Crippen LogP contribution in [0.2, 0.25) is 0 Å². The number of urea groups is 2. The van der Waals surface area contributed by atoms with E-state index in [4.69, 9.17) is 28.7 Å². The molecule has 6 amide bonds. The SMILES string of the molecule is CC(C)(N)c1ccc(-c2ccc3c(C(N)=O)c(NC(N)=O)[nH]c3c2)cc1.NC(=O)Nc1[nH]c2cc(C#Cc3ccccc3)ccc2c1C(N)=O. The van der Waals surface area contributed by atoms with Crippen LogP contribution in [0.5, 0.6) is 0 Å². The zero-order chi connectivity index (χ0) is 36.2. The maximum Gasteiger partial charge on any atom is 0.317 e. The molecule has 252 valence electrons. The second kappa shape index (κ2) is 14.0. The van der Waals surface area contributed by atoms with E-state index in [9.17, 15) is 19.2 Å². The van der Waals surface area contributed by atoms with Gasteiger partial charge in [0.1, 0.15) is 11.6 Å². The lowest BCUT2D eigenvalue weighted by molar-refractivity contribution is 0.0994. The first-order valence-corrected chi connectivity index (χ1v) is 15.2. The third-order valence-corrected chi connectivity index (χ3v) is 7.67. The van der Waals surface area contributed by atoms with Gasteiger partial charge in [-0.1, -0.05) is 72.5 Å². The number of carbonyl (C=O) groups is 4. The minimum absolute atomic E-state index is 0.179. The quantitative estimate of drug-likeness (QED) is 0.113. The number of anilines is 2. The first kappa shape index (κ1) is 34.3. The van der Waals surface area contributed by atoms with Crippen LogP contribution >= 0.6 is 0 Å². The molecule has 13 nitrogen and oxygen atoms in total. The molecule has 0 atom stereocenters. The Morgan fingerprint density at radius 2 is 1.08 bits per heavy atom. The van der Waals surface area contributed by atoms with Crippen LogP contribution in [0.15, 0.2) is 91.0 Å². The van der Waals surface area contributed by atoms with Crippen molar-refractivity contribution in [1.82, 2.24) is 9.97 Å². The van der Waals surface area contributed by atoms with E-state index in [1.54, 1.807) is 24.3 Å². The average molecular weight is 670 g/mol. The number of aromatic nitrogens is 2. The van der Waals surface area contributed by atoms with E-state index in [1.165, 1.54) is 0 Å². The number of hydrogen-bond donors (Lipinski definition) is 9. The van der Waals surface area contributed by atoms with Crippen LogP contribution in [-0.4, -0.2) is 33.8 Å². The number of carbonyl (C=O) groups excluding carboxylic acids is 4. The summed E-state index contributed by atoms with van der Waals surface area (Å²) in [6.07, 6.45) is 0. The van der Waals surface area contributed by atoms with Crippen molar-refractivity contribution in [2.45, 2.75) is 19.4 Å². The van der Waals surface area contributed by atoms with Crippen molar-refractivity contribution < 1.29 is 19.2 Å². The predicted octanol–water partition coefficient (Wildman–Crippen LogP) is 4.78. The number of nitrogens with one attached hydrogen (secondary N) is 4. The zero-order valence-electron chi connectivity index (χ0n) is 27.2. The second-order valence-corrected chi connectivity index (χ2v) is 11.9. The van der Waals surface area contributed by atoms with Gasteiger partial charge in [0, 0.05) is 38.5 Å². The summed E-state index contributed by atoms with van der Waals surface area (Å²) >= 11 is 0. The summed E-state index contributed by atoms with van der Waals surface area (Å²) in [5, 5.41) is 5.97. The van der Waals surface area contributed by atoms with E-state index in [0.717, 1.165) is 27.8 Å². The van der Waals surface area contributed by atoms with Gasteiger partial charge in [-0.15, -0.1) is 0 Å². The molecule has 0 radical (unpaired) electrons. The second-order valence-electron chi connectivity index (χ2n) is 11.9. The first-order chi connectivity index (χ1) is 23.7. The summed E-state index contributed by atoms with van der Waals surface area (Å²) < 4.78 is 0. The van der Waals surface area contributed by atoms with E-state index in [2.05, 4.69) is 32.4 Å². The van der Waals surface area contributed by atoms with Crippen LogP contribution < -0.4 is 39.3 Å². The van der Waals surface area contributed by atoms with Gasteiger partial charge in [0.25, 0.3) is 11.8 Å². The molecule has 0 saturated heterocycles. The molecule has 0 aliphatic carbocycles. The monoisotopic (exact) mass is 669 g/mol. The summed E-state index contributed by atoms with van der Waals surface area (Å²) in [7, 11) is 0. The summed E-state index contributed by atoms with van der Waals surface area (Å²) in [5.74, 6) is 5.17. The molecular formula is C37H35N9O4. The van der Waals surface area contributed by atoms with Gasteiger partial charge < -0.3 is 38.6 Å². The number of rotatable bonds is 6. The topological polar surface area (TPSA) is 254 Å². The van der Waals surface area contributed by atoms with E-state index in [1.807, 2.05) is 80.6 Å². The van der Waals surface area contributed by atoms with Crippen molar-refractivity contribution in [2.75, 3.05) is 10.6 Å². The Morgan fingerprint density at radius 3 is 1.58 bits per heavy atom. The van der Waals surface area contributed by atoms with Crippen molar-refractivity contribution in [3.63, 3.8) is 0 Å². The minimum atomic E-state index is -0.784.